The summed E-state index contributed by atoms with van der Waals surface area (Å²) >= 11 is 6.54. The highest BCUT2D eigenvalue weighted by atomic mass is 79.9. The summed E-state index contributed by atoms with van der Waals surface area (Å²) in [5, 5.41) is 4.62. The molecule has 0 saturated heterocycles. The van der Waals surface area contributed by atoms with E-state index in [1.165, 1.54) is 16.7 Å². The van der Waals surface area contributed by atoms with Crippen molar-refractivity contribution in [3.63, 3.8) is 0 Å². The van der Waals surface area contributed by atoms with Crippen LogP contribution in [0.3, 0.4) is 0 Å². The van der Waals surface area contributed by atoms with Gasteiger partial charge in [0.15, 0.2) is 5.76 Å². The van der Waals surface area contributed by atoms with Crippen LogP contribution < -0.4 is 0 Å². The molecule has 0 atom stereocenters. The summed E-state index contributed by atoms with van der Waals surface area (Å²) in [5.41, 5.74) is 1.91. The Morgan fingerprint density at radius 1 is 1.00 bits per heavy atom. The zero-order chi connectivity index (χ0) is 18.6. The van der Waals surface area contributed by atoms with E-state index in [2.05, 4.69) is 31.1 Å². The lowest BCUT2D eigenvalue weighted by Gasteiger charge is -1.97. The molecule has 2 heterocycles. The predicted octanol–water partition coefficient (Wildman–Crippen LogP) is 6.17. The molecule has 8 heteroatoms. The lowest BCUT2D eigenvalue weighted by atomic mass is 10.2. The summed E-state index contributed by atoms with van der Waals surface area (Å²) in [4.78, 5) is 9.95. The maximum Gasteiger partial charge on any atom is 0.256 e. The molecule has 0 bridgehead atoms. The van der Waals surface area contributed by atoms with E-state index < -0.39 is 0 Å². The molecule has 2 aromatic heterocycles. The zero-order valence-electron chi connectivity index (χ0n) is 14.3. The number of nitrogens with zero attached hydrogens (tertiary/aromatic N) is 3. The molecule has 0 fully saturated rings. The highest BCUT2D eigenvalue weighted by molar-refractivity contribution is 9.10. The van der Waals surface area contributed by atoms with Crippen molar-refractivity contribution in [1.29, 1.82) is 0 Å². The maximum absolute atomic E-state index is 5.79. The molecule has 0 aliphatic carbocycles. The first kappa shape index (κ1) is 18.3. The first-order chi connectivity index (χ1) is 13.2. The van der Waals surface area contributed by atoms with E-state index in [1.807, 2.05) is 54.8 Å². The van der Waals surface area contributed by atoms with Gasteiger partial charge in [0.2, 0.25) is 11.7 Å². The van der Waals surface area contributed by atoms with Gasteiger partial charge in [0, 0.05) is 20.5 Å². The number of hydrogen-bond donors (Lipinski definition) is 0. The molecule has 0 N–H and O–H groups in total. The van der Waals surface area contributed by atoms with E-state index in [9.17, 15) is 0 Å². The molecule has 5 nitrogen and oxygen atoms in total. The molecule has 0 aliphatic rings. The van der Waals surface area contributed by atoms with Crippen LogP contribution in [0.4, 0.5) is 0 Å². The number of aromatic nitrogens is 3. The Balaban J connectivity index is 1.40. The van der Waals surface area contributed by atoms with Gasteiger partial charge in [0.1, 0.15) is 0 Å². The van der Waals surface area contributed by atoms with Crippen LogP contribution in [0.25, 0.3) is 22.7 Å². The van der Waals surface area contributed by atoms with Crippen molar-refractivity contribution in [2.75, 3.05) is 6.26 Å². The van der Waals surface area contributed by atoms with Gasteiger partial charge in [-0.1, -0.05) is 45.0 Å². The third-order valence-corrected chi connectivity index (χ3v) is 5.85. The topological polar surface area (TPSA) is 65.0 Å². The highest BCUT2D eigenvalue weighted by Crippen LogP contribution is 2.28. The van der Waals surface area contributed by atoms with Crippen LogP contribution >= 0.6 is 39.5 Å². The molecule has 0 saturated carbocycles. The van der Waals surface area contributed by atoms with Gasteiger partial charge < -0.3 is 8.94 Å². The Morgan fingerprint density at radius 3 is 2.48 bits per heavy atom. The molecule has 136 valence electrons. The van der Waals surface area contributed by atoms with Gasteiger partial charge in [-0.05, 0) is 42.7 Å². The fraction of sp³-hybridized carbons (Fsp3) is 0.105. The second kappa shape index (κ2) is 8.33. The average Bonchev–Trinajstić information content (AvgIpc) is 3.37. The summed E-state index contributed by atoms with van der Waals surface area (Å²) in [6, 6.07) is 16.0. The van der Waals surface area contributed by atoms with Crippen LogP contribution in [0.5, 0.6) is 0 Å². The third-order valence-electron chi connectivity index (χ3n) is 3.75. The van der Waals surface area contributed by atoms with Gasteiger partial charge in [0.25, 0.3) is 5.22 Å². The van der Waals surface area contributed by atoms with E-state index in [-0.39, 0.29) is 0 Å². The number of rotatable bonds is 6. The van der Waals surface area contributed by atoms with Crippen LogP contribution in [-0.4, -0.2) is 21.4 Å². The highest BCUT2D eigenvalue weighted by Gasteiger charge is 2.12. The van der Waals surface area contributed by atoms with Crippen LogP contribution in [0.15, 0.2) is 78.3 Å². The van der Waals surface area contributed by atoms with Gasteiger partial charge >= 0.3 is 0 Å². The SMILES string of the molecule is CSc1ccc(-c2noc(CSc3ncc(-c4ccc(Br)cc4)o3)n2)cc1. The van der Waals surface area contributed by atoms with Gasteiger partial charge in [0.05, 0.1) is 11.9 Å². The minimum atomic E-state index is 0.496. The van der Waals surface area contributed by atoms with E-state index in [4.69, 9.17) is 8.94 Å². The van der Waals surface area contributed by atoms with E-state index >= 15 is 0 Å². The Labute approximate surface area is 173 Å². The van der Waals surface area contributed by atoms with Crippen molar-refractivity contribution in [1.82, 2.24) is 15.1 Å². The van der Waals surface area contributed by atoms with Crippen molar-refractivity contribution < 1.29 is 8.94 Å². The van der Waals surface area contributed by atoms with E-state index in [1.54, 1.807) is 18.0 Å². The molecule has 0 spiro atoms. The molecule has 27 heavy (non-hydrogen) atoms. The fourth-order valence-electron chi connectivity index (χ4n) is 2.37. The minimum absolute atomic E-state index is 0.496. The van der Waals surface area contributed by atoms with Crippen molar-refractivity contribution >= 4 is 39.5 Å². The predicted molar refractivity (Wildman–Crippen MR) is 111 cm³/mol. The minimum Gasteiger partial charge on any atom is -0.431 e. The summed E-state index contributed by atoms with van der Waals surface area (Å²) < 4.78 is 12.2. The average molecular weight is 460 g/mol. The van der Waals surface area contributed by atoms with Gasteiger partial charge in [-0.25, -0.2) is 4.98 Å². The van der Waals surface area contributed by atoms with E-state index in [0.717, 1.165) is 21.4 Å². The van der Waals surface area contributed by atoms with Crippen LogP contribution in [0.2, 0.25) is 0 Å². The van der Waals surface area contributed by atoms with Crippen molar-refractivity contribution in [3.05, 3.63) is 65.1 Å². The lowest BCUT2D eigenvalue weighted by molar-refractivity contribution is 0.391. The molecule has 2 aromatic carbocycles. The quantitative estimate of drug-likeness (QED) is 0.319. The first-order valence-electron chi connectivity index (χ1n) is 8.03. The van der Waals surface area contributed by atoms with Crippen LogP contribution in [-0.2, 0) is 5.75 Å². The molecule has 0 radical (unpaired) electrons. The second-order valence-electron chi connectivity index (χ2n) is 5.53. The molecule has 4 rings (SSSR count). The monoisotopic (exact) mass is 459 g/mol. The number of benzene rings is 2. The fourth-order valence-corrected chi connectivity index (χ4v) is 3.68. The summed E-state index contributed by atoms with van der Waals surface area (Å²) in [6.07, 6.45) is 3.77. The third kappa shape index (κ3) is 4.45. The summed E-state index contributed by atoms with van der Waals surface area (Å²) in [5.74, 6) is 2.34. The molecule has 0 unspecified atom stereocenters. The number of thioether (sulfide) groups is 2. The maximum atomic E-state index is 5.79. The van der Waals surface area contributed by atoms with Crippen molar-refractivity contribution in [2.45, 2.75) is 15.9 Å². The molecular weight excluding hydrogens is 446 g/mol. The van der Waals surface area contributed by atoms with Crippen LogP contribution in [0.1, 0.15) is 5.89 Å². The number of hydrogen-bond acceptors (Lipinski definition) is 7. The number of oxazole rings is 1. The molecular formula is C19H14BrN3O2S2. The molecule has 0 amide bonds. The first-order valence-corrected chi connectivity index (χ1v) is 11.0. The summed E-state index contributed by atoms with van der Waals surface area (Å²) in [7, 11) is 0. The second-order valence-corrected chi connectivity index (χ2v) is 8.25. The van der Waals surface area contributed by atoms with Gasteiger partial charge in [-0.3, -0.25) is 0 Å². The number of halogens is 1. The smallest absolute Gasteiger partial charge is 0.256 e. The van der Waals surface area contributed by atoms with Crippen LogP contribution in [0, 0.1) is 0 Å². The van der Waals surface area contributed by atoms with Gasteiger partial charge in [-0.2, -0.15) is 4.98 Å². The zero-order valence-corrected chi connectivity index (χ0v) is 17.5. The van der Waals surface area contributed by atoms with Gasteiger partial charge in [-0.15, -0.1) is 11.8 Å². The van der Waals surface area contributed by atoms with Crippen molar-refractivity contribution in [3.8, 4) is 22.7 Å². The normalized spacial score (nSPS) is 11.0. The van der Waals surface area contributed by atoms with E-state index in [0.29, 0.717) is 22.7 Å². The van der Waals surface area contributed by atoms with Crippen molar-refractivity contribution in [2.24, 2.45) is 0 Å². The molecule has 4 aromatic rings. The Morgan fingerprint density at radius 2 is 1.74 bits per heavy atom. The largest absolute Gasteiger partial charge is 0.431 e. The Kier molecular flexibility index (Phi) is 5.66. The standard InChI is InChI=1S/C19H14BrN3O2S2/c1-26-15-8-4-13(5-9-15)18-22-17(25-23-18)11-27-19-21-10-16(24-19)12-2-6-14(20)7-3-12/h2-10H,11H2,1H3. The molecule has 0 aliphatic heterocycles. The Hall–Kier alpha value is -2.03. The lowest BCUT2D eigenvalue weighted by Crippen LogP contribution is -1.83. The summed E-state index contributed by atoms with van der Waals surface area (Å²) in [6.45, 7) is 0. The Bertz CT molecular complexity index is 1030.